The van der Waals surface area contributed by atoms with Gasteiger partial charge in [0.05, 0.1) is 6.54 Å². The molecule has 0 unspecified atom stereocenters. The number of hydrogen-bond donors (Lipinski definition) is 2. The van der Waals surface area contributed by atoms with E-state index in [1.807, 2.05) is 6.92 Å². The van der Waals surface area contributed by atoms with Crippen molar-refractivity contribution in [1.29, 1.82) is 0 Å². The molecule has 0 atom stereocenters. The molecule has 0 saturated heterocycles. The van der Waals surface area contributed by atoms with Crippen molar-refractivity contribution < 1.29 is 14.4 Å². The molecule has 1 aromatic heterocycles. The highest BCUT2D eigenvalue weighted by Crippen LogP contribution is 2.15. The number of hydrogen-bond acceptors (Lipinski definition) is 6. The Kier molecular flexibility index (Phi) is 6.61. The first-order valence-corrected chi connectivity index (χ1v) is 7.96. The summed E-state index contributed by atoms with van der Waals surface area (Å²) in [7, 11) is 0. The molecule has 0 aliphatic carbocycles. The number of aryl methyl sites for hydroxylation is 1. The fraction of sp³-hybridized carbons (Fsp3) is 0.643. The molecule has 0 radical (unpaired) electrons. The molecule has 0 bridgehead atoms. The minimum Gasteiger partial charge on any atom is -0.349 e. The zero-order valence-corrected chi connectivity index (χ0v) is 14.2. The monoisotopic (exact) mass is 326 g/mol. The van der Waals surface area contributed by atoms with Gasteiger partial charge in [-0.05, 0) is 6.42 Å². The highest BCUT2D eigenvalue weighted by atomic mass is 32.1. The van der Waals surface area contributed by atoms with E-state index < -0.39 is 5.41 Å². The Hall–Kier alpha value is -1.83. The van der Waals surface area contributed by atoms with Gasteiger partial charge in [0.2, 0.25) is 16.9 Å². The van der Waals surface area contributed by atoms with Crippen molar-refractivity contribution in [2.24, 2.45) is 5.41 Å². The normalized spacial score (nSPS) is 11.1. The van der Waals surface area contributed by atoms with E-state index in [-0.39, 0.29) is 37.0 Å². The summed E-state index contributed by atoms with van der Waals surface area (Å²) in [6.07, 6.45) is 0.830. The molecule has 0 fully saturated rings. The van der Waals surface area contributed by atoms with Gasteiger partial charge in [-0.1, -0.05) is 39.0 Å². The third-order valence-corrected chi connectivity index (χ3v) is 3.86. The fourth-order valence-electron chi connectivity index (χ4n) is 1.39. The Morgan fingerprint density at radius 1 is 1.09 bits per heavy atom. The van der Waals surface area contributed by atoms with Crippen LogP contribution < -0.4 is 10.6 Å². The number of rotatable bonds is 7. The summed E-state index contributed by atoms with van der Waals surface area (Å²) in [6.45, 7) is 7.32. The molecule has 2 N–H and O–H groups in total. The van der Waals surface area contributed by atoms with Crippen molar-refractivity contribution in [3.63, 3.8) is 0 Å². The lowest BCUT2D eigenvalue weighted by molar-refractivity contribution is -0.129. The van der Waals surface area contributed by atoms with Gasteiger partial charge in [0.15, 0.2) is 5.78 Å². The minimum absolute atomic E-state index is 0.0137. The van der Waals surface area contributed by atoms with Crippen LogP contribution in [0.4, 0.5) is 5.13 Å². The molecule has 2 amide bonds. The lowest BCUT2D eigenvalue weighted by Gasteiger charge is -2.16. The minimum atomic E-state index is -0.487. The summed E-state index contributed by atoms with van der Waals surface area (Å²) >= 11 is 1.31. The first-order chi connectivity index (χ1) is 10.2. The van der Waals surface area contributed by atoms with E-state index in [1.165, 1.54) is 11.3 Å². The third-order valence-electron chi connectivity index (χ3n) is 2.88. The molecular formula is C14H22N4O3S. The molecule has 0 aliphatic heterocycles. The Morgan fingerprint density at radius 3 is 2.27 bits per heavy atom. The first kappa shape index (κ1) is 18.2. The highest BCUT2D eigenvalue weighted by Gasteiger charge is 2.21. The summed E-state index contributed by atoms with van der Waals surface area (Å²) in [6, 6.07) is 0. The van der Waals surface area contributed by atoms with E-state index in [0.29, 0.717) is 5.13 Å². The molecule has 22 heavy (non-hydrogen) atoms. The molecule has 122 valence electrons. The Labute approximate surface area is 133 Å². The number of carbonyl (C=O) groups is 3. The number of nitrogens with one attached hydrogen (secondary N) is 2. The first-order valence-electron chi connectivity index (χ1n) is 7.14. The highest BCUT2D eigenvalue weighted by molar-refractivity contribution is 7.15. The summed E-state index contributed by atoms with van der Waals surface area (Å²) in [5.41, 5.74) is -0.487. The third kappa shape index (κ3) is 6.30. The summed E-state index contributed by atoms with van der Waals surface area (Å²) in [5.74, 6) is -0.665. The van der Waals surface area contributed by atoms with Crippen LogP contribution in [0.15, 0.2) is 0 Å². The largest absolute Gasteiger partial charge is 0.349 e. The number of amides is 2. The Bertz CT molecular complexity index is 549. The van der Waals surface area contributed by atoms with Gasteiger partial charge < -0.3 is 10.6 Å². The molecular weight excluding hydrogens is 304 g/mol. The number of ketones is 1. The average Bonchev–Trinajstić information content (AvgIpc) is 2.89. The van der Waals surface area contributed by atoms with Crippen LogP contribution in [0.5, 0.6) is 0 Å². The fourth-order valence-corrected chi connectivity index (χ4v) is 2.08. The standard InChI is InChI=1S/C14H22N4O3S/c1-5-12-17-18-13(22-12)16-11(21)7-6-10(20)15-8-9(19)14(2,3)4/h5-8H2,1-4H3,(H,15,20)(H,16,18,21). The van der Waals surface area contributed by atoms with E-state index in [1.54, 1.807) is 20.8 Å². The van der Waals surface area contributed by atoms with Crippen molar-refractivity contribution in [3.8, 4) is 0 Å². The van der Waals surface area contributed by atoms with Gasteiger partial charge >= 0.3 is 0 Å². The number of carbonyl (C=O) groups excluding carboxylic acids is 3. The van der Waals surface area contributed by atoms with E-state index in [4.69, 9.17) is 0 Å². The van der Waals surface area contributed by atoms with Crippen LogP contribution >= 0.6 is 11.3 Å². The summed E-state index contributed by atoms with van der Waals surface area (Å²) in [4.78, 5) is 35.0. The van der Waals surface area contributed by atoms with Crippen molar-refractivity contribution >= 4 is 34.1 Å². The lowest BCUT2D eigenvalue weighted by Crippen LogP contribution is -2.35. The maximum atomic E-state index is 11.7. The van der Waals surface area contributed by atoms with Crippen molar-refractivity contribution in [2.75, 3.05) is 11.9 Å². The zero-order valence-electron chi connectivity index (χ0n) is 13.4. The van der Waals surface area contributed by atoms with Crippen LogP contribution in [0.25, 0.3) is 0 Å². The van der Waals surface area contributed by atoms with Crippen LogP contribution in [-0.4, -0.2) is 34.3 Å². The van der Waals surface area contributed by atoms with Crippen LogP contribution in [0.1, 0.15) is 45.5 Å². The van der Waals surface area contributed by atoms with Crippen molar-refractivity contribution in [1.82, 2.24) is 15.5 Å². The van der Waals surface area contributed by atoms with Crippen molar-refractivity contribution in [3.05, 3.63) is 5.01 Å². The lowest BCUT2D eigenvalue weighted by atomic mass is 9.91. The SMILES string of the molecule is CCc1nnc(NC(=O)CCC(=O)NCC(=O)C(C)(C)C)s1. The second-order valence-corrected chi connectivity index (χ2v) is 6.91. The van der Waals surface area contributed by atoms with Gasteiger partial charge in [-0.3, -0.25) is 14.4 Å². The second kappa shape index (κ2) is 7.98. The predicted octanol–water partition coefficient (Wildman–Crippen LogP) is 1.55. The Morgan fingerprint density at radius 2 is 1.73 bits per heavy atom. The van der Waals surface area contributed by atoms with Gasteiger partial charge in [0, 0.05) is 18.3 Å². The molecule has 1 rings (SSSR count). The van der Waals surface area contributed by atoms with Crippen LogP contribution in [0, 0.1) is 5.41 Å². The molecule has 8 heteroatoms. The van der Waals surface area contributed by atoms with E-state index in [9.17, 15) is 14.4 Å². The van der Waals surface area contributed by atoms with Crippen molar-refractivity contribution in [2.45, 2.75) is 47.0 Å². The molecule has 1 heterocycles. The second-order valence-electron chi connectivity index (χ2n) is 5.85. The van der Waals surface area contributed by atoms with Crippen LogP contribution in [0.2, 0.25) is 0 Å². The predicted molar refractivity (Wildman–Crippen MR) is 84.6 cm³/mol. The number of aromatic nitrogens is 2. The molecule has 7 nitrogen and oxygen atoms in total. The molecule has 0 spiro atoms. The van der Waals surface area contributed by atoms with Crippen LogP contribution in [-0.2, 0) is 20.8 Å². The average molecular weight is 326 g/mol. The topological polar surface area (TPSA) is 101 Å². The Balaban J connectivity index is 2.28. The molecule has 0 aliphatic rings. The maximum absolute atomic E-state index is 11.7. The van der Waals surface area contributed by atoms with E-state index in [2.05, 4.69) is 20.8 Å². The number of nitrogens with zero attached hydrogens (tertiary/aromatic N) is 2. The van der Waals surface area contributed by atoms with E-state index >= 15 is 0 Å². The summed E-state index contributed by atoms with van der Waals surface area (Å²) < 4.78 is 0. The maximum Gasteiger partial charge on any atom is 0.226 e. The molecule has 0 saturated carbocycles. The van der Waals surface area contributed by atoms with Gasteiger partial charge in [-0.25, -0.2) is 0 Å². The summed E-state index contributed by atoms with van der Waals surface area (Å²) in [5, 5.41) is 14.1. The molecule has 0 aromatic carbocycles. The van der Waals surface area contributed by atoms with Gasteiger partial charge in [-0.2, -0.15) is 0 Å². The quantitative estimate of drug-likeness (QED) is 0.791. The van der Waals surface area contributed by atoms with Gasteiger partial charge in [0.25, 0.3) is 0 Å². The van der Waals surface area contributed by atoms with Gasteiger partial charge in [-0.15, -0.1) is 10.2 Å². The number of anilines is 1. The van der Waals surface area contributed by atoms with Crippen LogP contribution in [0.3, 0.4) is 0 Å². The van der Waals surface area contributed by atoms with Gasteiger partial charge in [0.1, 0.15) is 5.01 Å². The smallest absolute Gasteiger partial charge is 0.226 e. The van der Waals surface area contributed by atoms with E-state index in [0.717, 1.165) is 11.4 Å². The molecule has 1 aromatic rings. The zero-order chi connectivity index (χ0) is 16.8. The number of Topliss-reactive ketones (excluding diaryl/α,β-unsaturated/α-hetero) is 1.